The number of hydrogen-bond acceptors (Lipinski definition) is 5. The maximum Gasteiger partial charge on any atom is 0.308 e. The number of benzene rings is 1. The lowest BCUT2D eigenvalue weighted by atomic mass is 10.1. The Morgan fingerprint density at radius 2 is 2.05 bits per heavy atom. The zero-order valence-electron chi connectivity index (χ0n) is 11.6. The molecule has 1 amide bonds. The molecular weight excluding hydrogens is 317 g/mol. The fourth-order valence-electron chi connectivity index (χ4n) is 1.72. The van der Waals surface area contributed by atoms with Crippen molar-refractivity contribution in [2.45, 2.75) is 13.8 Å². The van der Waals surface area contributed by atoms with Gasteiger partial charge in [0, 0.05) is 19.4 Å². The fourth-order valence-corrected chi connectivity index (χ4v) is 1.90. The Hall–Kier alpha value is -2.54. The first-order valence-electron chi connectivity index (χ1n) is 6.06. The first-order valence-corrected chi connectivity index (χ1v) is 6.44. The molecule has 2 rings (SSSR count). The highest BCUT2D eigenvalue weighted by atomic mass is 35.5. The molecule has 2 aromatic rings. The standard InChI is InChI=1S/C14H11ClFNO5/c1-6(18)17-14-13(21-7(2)19)11(20)12(22-14)8-3-4-10(16)9(15)5-8/h3-5,20H,1-2H3,(H,17,18). The third-order valence-corrected chi connectivity index (χ3v) is 2.85. The summed E-state index contributed by atoms with van der Waals surface area (Å²) in [7, 11) is 0. The van der Waals surface area contributed by atoms with Crippen LogP contribution in [0.1, 0.15) is 13.8 Å². The van der Waals surface area contributed by atoms with Crippen molar-refractivity contribution in [3.63, 3.8) is 0 Å². The van der Waals surface area contributed by atoms with Crippen LogP contribution in [-0.4, -0.2) is 17.0 Å². The summed E-state index contributed by atoms with van der Waals surface area (Å²) in [6, 6.07) is 3.63. The molecule has 116 valence electrons. The van der Waals surface area contributed by atoms with Crippen LogP contribution in [0.2, 0.25) is 5.02 Å². The van der Waals surface area contributed by atoms with E-state index in [1.165, 1.54) is 19.1 Å². The van der Waals surface area contributed by atoms with Crippen molar-refractivity contribution >= 4 is 29.4 Å². The normalized spacial score (nSPS) is 10.4. The number of amides is 1. The SMILES string of the molecule is CC(=O)Nc1oc(-c2ccc(F)c(Cl)c2)c(O)c1OC(C)=O. The second-order valence-electron chi connectivity index (χ2n) is 4.34. The summed E-state index contributed by atoms with van der Waals surface area (Å²) >= 11 is 5.68. The number of rotatable bonds is 3. The highest BCUT2D eigenvalue weighted by molar-refractivity contribution is 6.31. The van der Waals surface area contributed by atoms with Crippen molar-refractivity contribution in [3.05, 3.63) is 29.0 Å². The molecule has 0 saturated carbocycles. The van der Waals surface area contributed by atoms with Crippen molar-refractivity contribution in [1.82, 2.24) is 0 Å². The van der Waals surface area contributed by atoms with E-state index in [9.17, 15) is 19.1 Å². The van der Waals surface area contributed by atoms with E-state index >= 15 is 0 Å². The van der Waals surface area contributed by atoms with Crippen molar-refractivity contribution in [2.24, 2.45) is 0 Å². The van der Waals surface area contributed by atoms with E-state index in [-0.39, 0.29) is 28.0 Å². The number of anilines is 1. The Morgan fingerprint density at radius 1 is 1.36 bits per heavy atom. The largest absolute Gasteiger partial charge is 0.502 e. The van der Waals surface area contributed by atoms with Gasteiger partial charge in [-0.3, -0.25) is 14.9 Å². The molecule has 0 radical (unpaired) electrons. The molecule has 6 nitrogen and oxygen atoms in total. The molecule has 0 spiro atoms. The number of nitrogens with one attached hydrogen (secondary N) is 1. The van der Waals surface area contributed by atoms with Crippen molar-refractivity contribution in [2.75, 3.05) is 5.32 Å². The van der Waals surface area contributed by atoms with Gasteiger partial charge in [-0.05, 0) is 18.2 Å². The van der Waals surface area contributed by atoms with Gasteiger partial charge < -0.3 is 14.3 Å². The van der Waals surface area contributed by atoms with Gasteiger partial charge in [0.2, 0.25) is 23.3 Å². The summed E-state index contributed by atoms with van der Waals surface area (Å²) in [6.45, 7) is 2.34. The van der Waals surface area contributed by atoms with E-state index in [2.05, 4.69) is 5.32 Å². The van der Waals surface area contributed by atoms with Gasteiger partial charge in [0.05, 0.1) is 5.02 Å². The molecule has 2 N–H and O–H groups in total. The Kier molecular flexibility index (Phi) is 4.37. The van der Waals surface area contributed by atoms with Gasteiger partial charge in [0.1, 0.15) is 5.82 Å². The summed E-state index contributed by atoms with van der Waals surface area (Å²) in [4.78, 5) is 22.2. The minimum Gasteiger partial charge on any atom is -0.502 e. The average molecular weight is 328 g/mol. The molecule has 22 heavy (non-hydrogen) atoms. The van der Waals surface area contributed by atoms with Gasteiger partial charge in [-0.2, -0.15) is 0 Å². The predicted molar refractivity (Wildman–Crippen MR) is 76.4 cm³/mol. The number of carbonyl (C=O) groups is 2. The number of esters is 1. The summed E-state index contributed by atoms with van der Waals surface area (Å²) < 4.78 is 23.3. The fraction of sp³-hybridized carbons (Fsp3) is 0.143. The molecule has 0 aliphatic carbocycles. The minimum absolute atomic E-state index is 0.123. The molecule has 8 heteroatoms. The topological polar surface area (TPSA) is 88.8 Å². The van der Waals surface area contributed by atoms with Crippen LogP contribution in [0, 0.1) is 5.82 Å². The van der Waals surface area contributed by atoms with Crippen molar-refractivity contribution in [1.29, 1.82) is 0 Å². The minimum atomic E-state index is -0.716. The number of furan rings is 1. The molecule has 0 atom stereocenters. The third kappa shape index (κ3) is 3.20. The summed E-state index contributed by atoms with van der Waals surface area (Å²) in [6.07, 6.45) is 0. The van der Waals surface area contributed by atoms with Gasteiger partial charge in [-0.15, -0.1) is 0 Å². The summed E-state index contributed by atoms with van der Waals surface area (Å²) in [5.74, 6) is -3.06. The van der Waals surface area contributed by atoms with E-state index in [4.69, 9.17) is 20.8 Å². The first-order chi connectivity index (χ1) is 10.3. The zero-order chi connectivity index (χ0) is 16.4. The van der Waals surface area contributed by atoms with E-state index < -0.39 is 23.4 Å². The Morgan fingerprint density at radius 3 is 2.59 bits per heavy atom. The lowest BCUT2D eigenvalue weighted by molar-refractivity contribution is -0.132. The molecule has 0 bridgehead atoms. The Bertz CT molecular complexity index is 756. The van der Waals surface area contributed by atoms with Crippen LogP contribution in [0.4, 0.5) is 10.3 Å². The van der Waals surface area contributed by atoms with Crippen LogP contribution >= 0.6 is 11.6 Å². The number of halogens is 2. The molecule has 1 heterocycles. The molecule has 1 aromatic carbocycles. The molecule has 0 fully saturated rings. The van der Waals surface area contributed by atoms with Crippen LogP contribution < -0.4 is 10.1 Å². The van der Waals surface area contributed by atoms with E-state index in [1.54, 1.807) is 0 Å². The van der Waals surface area contributed by atoms with Crippen molar-refractivity contribution < 1.29 is 28.2 Å². The molecule has 1 aromatic heterocycles. The third-order valence-electron chi connectivity index (χ3n) is 2.56. The number of aromatic hydroxyl groups is 1. The molecule has 0 aliphatic rings. The number of carbonyl (C=O) groups excluding carboxylic acids is 2. The maximum absolute atomic E-state index is 13.2. The number of hydrogen-bond donors (Lipinski definition) is 2. The van der Waals surface area contributed by atoms with Gasteiger partial charge in [-0.25, -0.2) is 4.39 Å². The monoisotopic (exact) mass is 327 g/mol. The quantitative estimate of drug-likeness (QED) is 0.844. The smallest absolute Gasteiger partial charge is 0.308 e. The van der Waals surface area contributed by atoms with Crippen LogP contribution in [0.25, 0.3) is 11.3 Å². The van der Waals surface area contributed by atoms with Gasteiger partial charge in [0.15, 0.2) is 5.76 Å². The summed E-state index contributed by atoms with van der Waals surface area (Å²) in [5.41, 5.74) is 0.244. The van der Waals surface area contributed by atoms with E-state index in [1.807, 2.05) is 0 Å². The Balaban J connectivity index is 2.56. The molecule has 0 aliphatic heterocycles. The van der Waals surface area contributed by atoms with Crippen LogP contribution in [0.5, 0.6) is 11.5 Å². The average Bonchev–Trinajstić information content (AvgIpc) is 2.70. The second-order valence-corrected chi connectivity index (χ2v) is 4.75. The second kappa shape index (κ2) is 6.07. The molecular formula is C14H11ClFNO5. The van der Waals surface area contributed by atoms with Crippen molar-refractivity contribution in [3.8, 4) is 22.8 Å². The van der Waals surface area contributed by atoms with Gasteiger partial charge in [-0.1, -0.05) is 11.6 Å². The Labute approximate surface area is 129 Å². The first kappa shape index (κ1) is 15.8. The number of ether oxygens (including phenoxy) is 1. The summed E-state index contributed by atoms with van der Waals surface area (Å²) in [5, 5.41) is 12.2. The van der Waals surface area contributed by atoms with E-state index in [0.717, 1.165) is 13.0 Å². The molecule has 0 unspecified atom stereocenters. The maximum atomic E-state index is 13.2. The lowest BCUT2D eigenvalue weighted by Crippen LogP contribution is -2.08. The van der Waals surface area contributed by atoms with Gasteiger partial charge in [0.25, 0.3) is 0 Å². The van der Waals surface area contributed by atoms with Gasteiger partial charge >= 0.3 is 5.97 Å². The lowest BCUT2D eigenvalue weighted by Gasteiger charge is -2.01. The van der Waals surface area contributed by atoms with Crippen LogP contribution in [-0.2, 0) is 9.59 Å². The van der Waals surface area contributed by atoms with Crippen LogP contribution in [0.15, 0.2) is 22.6 Å². The predicted octanol–water partition coefficient (Wildman–Crippen LogP) is 3.33. The zero-order valence-corrected chi connectivity index (χ0v) is 12.3. The highest BCUT2D eigenvalue weighted by Crippen LogP contribution is 2.46. The molecule has 0 saturated heterocycles. The highest BCUT2D eigenvalue weighted by Gasteiger charge is 2.25. The van der Waals surface area contributed by atoms with Crippen LogP contribution in [0.3, 0.4) is 0 Å². The van der Waals surface area contributed by atoms with E-state index in [0.29, 0.717) is 0 Å².